The van der Waals surface area contributed by atoms with Gasteiger partial charge in [-0.3, -0.25) is 10.1 Å². The van der Waals surface area contributed by atoms with Crippen molar-refractivity contribution < 1.29 is 9.32 Å². The fourth-order valence-corrected chi connectivity index (χ4v) is 1.08. The standard InChI is InChI=1S/C6H8N4O2/c11-5-2-7-4(1-8-5)6-9-3-10-12-6/h3-4,7H,1-2H2,(H,8,11). The Kier molecular flexibility index (Phi) is 1.75. The molecule has 1 aromatic heterocycles. The number of hydrogen-bond donors (Lipinski definition) is 2. The van der Waals surface area contributed by atoms with Crippen LogP contribution in [-0.4, -0.2) is 29.1 Å². The van der Waals surface area contributed by atoms with Crippen LogP contribution in [0, 0.1) is 0 Å². The summed E-state index contributed by atoms with van der Waals surface area (Å²) in [6.07, 6.45) is 1.34. The highest BCUT2D eigenvalue weighted by Gasteiger charge is 2.22. The van der Waals surface area contributed by atoms with Crippen molar-refractivity contribution in [2.75, 3.05) is 13.1 Å². The van der Waals surface area contributed by atoms with E-state index in [4.69, 9.17) is 4.52 Å². The van der Waals surface area contributed by atoms with E-state index in [-0.39, 0.29) is 11.9 Å². The van der Waals surface area contributed by atoms with E-state index in [2.05, 4.69) is 20.8 Å². The molecule has 1 aliphatic rings. The summed E-state index contributed by atoms with van der Waals surface area (Å²) in [5, 5.41) is 9.13. The predicted molar refractivity (Wildman–Crippen MR) is 38.1 cm³/mol. The molecule has 0 aliphatic carbocycles. The van der Waals surface area contributed by atoms with Gasteiger partial charge in [0.1, 0.15) is 6.04 Å². The number of nitrogens with one attached hydrogen (secondary N) is 2. The van der Waals surface area contributed by atoms with Gasteiger partial charge in [0.05, 0.1) is 6.54 Å². The van der Waals surface area contributed by atoms with Gasteiger partial charge in [0, 0.05) is 6.54 Å². The molecular formula is C6H8N4O2. The third-order valence-corrected chi connectivity index (χ3v) is 1.69. The maximum atomic E-state index is 10.7. The Morgan fingerprint density at radius 3 is 3.17 bits per heavy atom. The fourth-order valence-electron chi connectivity index (χ4n) is 1.08. The van der Waals surface area contributed by atoms with Gasteiger partial charge in [0.25, 0.3) is 0 Å². The zero-order valence-electron chi connectivity index (χ0n) is 6.28. The molecule has 0 saturated carbocycles. The van der Waals surface area contributed by atoms with Crippen LogP contribution >= 0.6 is 0 Å². The summed E-state index contributed by atoms with van der Waals surface area (Å²) in [5.74, 6) is 0.501. The molecule has 0 radical (unpaired) electrons. The molecule has 64 valence electrons. The van der Waals surface area contributed by atoms with Crippen LogP contribution < -0.4 is 10.6 Å². The number of carbonyl (C=O) groups is 1. The molecule has 6 nitrogen and oxygen atoms in total. The number of aromatic nitrogens is 2. The Morgan fingerprint density at radius 2 is 2.58 bits per heavy atom. The monoisotopic (exact) mass is 168 g/mol. The van der Waals surface area contributed by atoms with Crippen LogP contribution in [0.25, 0.3) is 0 Å². The predicted octanol–water partition coefficient (Wildman–Crippen LogP) is -1.17. The van der Waals surface area contributed by atoms with Gasteiger partial charge in [0.2, 0.25) is 11.8 Å². The van der Waals surface area contributed by atoms with Crippen LogP contribution in [0.4, 0.5) is 0 Å². The number of hydrogen-bond acceptors (Lipinski definition) is 5. The molecule has 0 aromatic carbocycles. The molecule has 1 unspecified atom stereocenters. The second-order valence-electron chi connectivity index (χ2n) is 2.52. The molecule has 1 fully saturated rings. The Bertz CT molecular complexity index is 261. The van der Waals surface area contributed by atoms with E-state index < -0.39 is 0 Å². The van der Waals surface area contributed by atoms with Crippen molar-refractivity contribution in [1.82, 2.24) is 20.8 Å². The van der Waals surface area contributed by atoms with E-state index in [1.54, 1.807) is 0 Å². The molecule has 2 rings (SSSR count). The lowest BCUT2D eigenvalue weighted by Gasteiger charge is -2.20. The molecule has 0 bridgehead atoms. The minimum Gasteiger partial charge on any atom is -0.353 e. The van der Waals surface area contributed by atoms with Gasteiger partial charge in [-0.2, -0.15) is 4.98 Å². The minimum absolute atomic E-state index is 0.00855. The van der Waals surface area contributed by atoms with Gasteiger partial charge in [-0.15, -0.1) is 0 Å². The smallest absolute Gasteiger partial charge is 0.245 e. The van der Waals surface area contributed by atoms with Crippen molar-refractivity contribution in [3.63, 3.8) is 0 Å². The lowest BCUT2D eigenvalue weighted by atomic mass is 10.2. The summed E-state index contributed by atoms with van der Waals surface area (Å²) in [6, 6.07) is -0.0507. The van der Waals surface area contributed by atoms with Crippen LogP contribution in [0.15, 0.2) is 10.9 Å². The molecular weight excluding hydrogens is 160 g/mol. The summed E-state index contributed by atoms with van der Waals surface area (Å²) in [7, 11) is 0. The summed E-state index contributed by atoms with van der Waals surface area (Å²) in [5.41, 5.74) is 0. The van der Waals surface area contributed by atoms with Crippen molar-refractivity contribution in [3.05, 3.63) is 12.2 Å². The van der Waals surface area contributed by atoms with Crippen LogP contribution in [0.3, 0.4) is 0 Å². The van der Waals surface area contributed by atoms with E-state index in [0.717, 1.165) is 0 Å². The van der Waals surface area contributed by atoms with Crippen molar-refractivity contribution in [2.45, 2.75) is 6.04 Å². The lowest BCUT2D eigenvalue weighted by Crippen LogP contribution is -2.46. The summed E-state index contributed by atoms with van der Waals surface area (Å²) < 4.78 is 4.83. The Balaban J connectivity index is 2.03. The largest absolute Gasteiger partial charge is 0.353 e. The van der Waals surface area contributed by atoms with E-state index in [1.807, 2.05) is 0 Å². The summed E-state index contributed by atoms with van der Waals surface area (Å²) in [4.78, 5) is 14.6. The Morgan fingerprint density at radius 1 is 1.67 bits per heavy atom. The first-order valence-electron chi connectivity index (χ1n) is 3.63. The quantitative estimate of drug-likeness (QED) is 0.552. The van der Waals surface area contributed by atoms with E-state index in [1.165, 1.54) is 6.33 Å². The van der Waals surface area contributed by atoms with Crippen LogP contribution in [0.1, 0.15) is 11.9 Å². The molecule has 1 atom stereocenters. The van der Waals surface area contributed by atoms with Crippen molar-refractivity contribution >= 4 is 5.91 Å². The number of piperazine rings is 1. The van der Waals surface area contributed by atoms with Gasteiger partial charge in [0.15, 0.2) is 6.33 Å². The summed E-state index contributed by atoms with van der Waals surface area (Å²) in [6.45, 7) is 0.800. The normalized spacial score (nSPS) is 23.7. The topological polar surface area (TPSA) is 80.1 Å². The SMILES string of the molecule is O=C1CNC(c2ncno2)CN1. The van der Waals surface area contributed by atoms with Gasteiger partial charge in [-0.1, -0.05) is 5.16 Å². The van der Waals surface area contributed by atoms with Gasteiger partial charge in [-0.05, 0) is 0 Å². The Hall–Kier alpha value is -1.43. The molecule has 1 aromatic rings. The Labute approximate surface area is 68.3 Å². The second-order valence-corrected chi connectivity index (χ2v) is 2.52. The van der Waals surface area contributed by atoms with E-state index in [9.17, 15) is 4.79 Å². The number of amides is 1. The van der Waals surface area contributed by atoms with Gasteiger partial charge >= 0.3 is 0 Å². The van der Waals surface area contributed by atoms with Crippen molar-refractivity contribution in [1.29, 1.82) is 0 Å². The molecule has 1 amide bonds. The molecule has 0 spiro atoms. The first-order chi connectivity index (χ1) is 5.86. The molecule has 12 heavy (non-hydrogen) atoms. The van der Waals surface area contributed by atoms with Gasteiger partial charge in [-0.25, -0.2) is 0 Å². The van der Waals surface area contributed by atoms with E-state index in [0.29, 0.717) is 19.0 Å². The third kappa shape index (κ3) is 1.28. The molecule has 6 heteroatoms. The minimum atomic E-state index is -0.0507. The second kappa shape index (κ2) is 2.90. The van der Waals surface area contributed by atoms with E-state index >= 15 is 0 Å². The number of rotatable bonds is 1. The molecule has 2 heterocycles. The zero-order chi connectivity index (χ0) is 8.39. The lowest BCUT2D eigenvalue weighted by molar-refractivity contribution is -0.121. The number of nitrogens with zero attached hydrogens (tertiary/aromatic N) is 2. The maximum Gasteiger partial charge on any atom is 0.245 e. The zero-order valence-corrected chi connectivity index (χ0v) is 6.28. The average molecular weight is 168 g/mol. The third-order valence-electron chi connectivity index (χ3n) is 1.69. The van der Waals surface area contributed by atoms with Crippen LogP contribution in [0.5, 0.6) is 0 Å². The fraction of sp³-hybridized carbons (Fsp3) is 0.500. The van der Waals surface area contributed by atoms with Crippen LogP contribution in [-0.2, 0) is 4.79 Å². The highest BCUT2D eigenvalue weighted by molar-refractivity contribution is 5.78. The highest BCUT2D eigenvalue weighted by Crippen LogP contribution is 2.08. The van der Waals surface area contributed by atoms with Crippen LogP contribution in [0.2, 0.25) is 0 Å². The first-order valence-corrected chi connectivity index (χ1v) is 3.63. The molecule has 2 N–H and O–H groups in total. The maximum absolute atomic E-state index is 10.7. The first kappa shape index (κ1) is 7.23. The number of carbonyl (C=O) groups excluding carboxylic acids is 1. The van der Waals surface area contributed by atoms with Gasteiger partial charge < -0.3 is 9.84 Å². The average Bonchev–Trinajstić information content (AvgIpc) is 2.58. The van der Waals surface area contributed by atoms with Crippen molar-refractivity contribution in [3.8, 4) is 0 Å². The molecule has 1 aliphatic heterocycles. The van der Waals surface area contributed by atoms with Crippen molar-refractivity contribution in [2.24, 2.45) is 0 Å². The molecule has 1 saturated heterocycles. The highest BCUT2D eigenvalue weighted by atomic mass is 16.5. The summed E-state index contributed by atoms with van der Waals surface area (Å²) >= 11 is 0.